The molecule has 0 radical (unpaired) electrons. The van der Waals surface area contributed by atoms with Gasteiger partial charge in [0.2, 0.25) is 15.9 Å². The molecule has 9 nitrogen and oxygen atoms in total. The Morgan fingerprint density at radius 2 is 2.00 bits per heavy atom. The first kappa shape index (κ1) is 15.5. The maximum absolute atomic E-state index is 11.9. The van der Waals surface area contributed by atoms with Crippen molar-refractivity contribution in [2.24, 2.45) is 0 Å². The summed E-state index contributed by atoms with van der Waals surface area (Å²) in [5, 5.41) is 11.8. The minimum Gasteiger partial charge on any atom is -0.477 e. The van der Waals surface area contributed by atoms with Crippen LogP contribution in [0.1, 0.15) is 10.5 Å². The second-order valence-electron chi connectivity index (χ2n) is 4.51. The highest BCUT2D eigenvalue weighted by Gasteiger charge is 2.21. The smallest absolute Gasteiger partial charge is 0.352 e. The lowest BCUT2D eigenvalue weighted by Crippen LogP contribution is -2.49. The second-order valence-corrected chi connectivity index (χ2v) is 6.28. The van der Waals surface area contributed by atoms with Crippen LogP contribution in [0.2, 0.25) is 0 Å². The van der Waals surface area contributed by atoms with Crippen LogP contribution in [0.4, 0.5) is 0 Å². The summed E-state index contributed by atoms with van der Waals surface area (Å²) in [7, 11) is -3.91. The normalized spacial score (nSPS) is 15.9. The first-order valence-electron chi connectivity index (χ1n) is 6.30. The molecule has 10 heteroatoms. The molecule has 0 bridgehead atoms. The van der Waals surface area contributed by atoms with Crippen molar-refractivity contribution in [3.8, 4) is 0 Å². The molecule has 0 unspecified atom stereocenters. The summed E-state index contributed by atoms with van der Waals surface area (Å²) in [6, 6.07) is 1.000. The Balaban J connectivity index is 1.97. The van der Waals surface area contributed by atoms with E-state index in [1.54, 1.807) is 4.90 Å². The highest BCUT2D eigenvalue weighted by Crippen LogP contribution is 2.10. The first-order valence-corrected chi connectivity index (χ1v) is 7.78. The third-order valence-corrected chi connectivity index (χ3v) is 4.46. The van der Waals surface area contributed by atoms with Crippen molar-refractivity contribution in [2.75, 3.05) is 32.7 Å². The third kappa shape index (κ3) is 3.80. The third-order valence-electron chi connectivity index (χ3n) is 3.08. The minimum atomic E-state index is -3.91. The Morgan fingerprint density at radius 3 is 2.57 bits per heavy atom. The first-order chi connectivity index (χ1) is 9.90. The van der Waals surface area contributed by atoms with E-state index in [4.69, 9.17) is 5.11 Å². The van der Waals surface area contributed by atoms with Gasteiger partial charge in [-0.2, -0.15) is 0 Å². The topological polar surface area (TPSA) is 132 Å². The number of H-pyrrole nitrogens is 1. The summed E-state index contributed by atoms with van der Waals surface area (Å²) < 4.78 is 26.1. The number of nitrogens with zero attached hydrogens (tertiary/aromatic N) is 1. The number of nitrogens with one attached hydrogen (secondary N) is 3. The fourth-order valence-corrected chi connectivity index (χ4v) is 2.89. The van der Waals surface area contributed by atoms with E-state index in [9.17, 15) is 18.0 Å². The van der Waals surface area contributed by atoms with Crippen LogP contribution in [0, 0.1) is 0 Å². The number of carbonyl (C=O) groups excluding carboxylic acids is 1. The Hall–Kier alpha value is -1.91. The number of carbonyl (C=O) groups is 2. The molecule has 2 heterocycles. The molecule has 2 rings (SSSR count). The summed E-state index contributed by atoms with van der Waals surface area (Å²) >= 11 is 0. The number of hydrogen-bond acceptors (Lipinski definition) is 5. The van der Waals surface area contributed by atoms with Crippen LogP contribution < -0.4 is 10.0 Å². The molecule has 0 aromatic carbocycles. The van der Waals surface area contributed by atoms with Crippen molar-refractivity contribution in [2.45, 2.75) is 4.90 Å². The van der Waals surface area contributed by atoms with Gasteiger partial charge in [-0.05, 0) is 6.07 Å². The average molecular weight is 316 g/mol. The van der Waals surface area contributed by atoms with Gasteiger partial charge in [-0.15, -0.1) is 0 Å². The SMILES string of the molecule is O=C(O)c1cc(S(=O)(=O)NCC(=O)N2CCNCC2)c[nH]1. The molecule has 1 aromatic heterocycles. The standard InChI is InChI=1S/C11H16N4O5S/c16-10(15-3-1-12-2-4-15)7-14-21(19,20)8-5-9(11(17)18)13-6-8/h5-6,12-14H,1-4,7H2,(H,17,18). The van der Waals surface area contributed by atoms with Gasteiger partial charge in [-0.1, -0.05) is 0 Å². The number of amides is 1. The highest BCUT2D eigenvalue weighted by atomic mass is 32.2. The van der Waals surface area contributed by atoms with E-state index in [1.165, 1.54) is 0 Å². The summed E-state index contributed by atoms with van der Waals surface area (Å²) in [5.41, 5.74) is -0.233. The van der Waals surface area contributed by atoms with Crippen molar-refractivity contribution in [3.05, 3.63) is 18.0 Å². The van der Waals surface area contributed by atoms with Crippen molar-refractivity contribution in [1.82, 2.24) is 19.9 Å². The summed E-state index contributed by atoms with van der Waals surface area (Å²) in [6.07, 6.45) is 1.07. The van der Waals surface area contributed by atoms with Gasteiger partial charge in [0.05, 0.1) is 6.54 Å². The molecular weight excluding hydrogens is 300 g/mol. The van der Waals surface area contributed by atoms with E-state index in [0.717, 1.165) is 12.3 Å². The van der Waals surface area contributed by atoms with Crippen LogP contribution in [0.5, 0.6) is 0 Å². The summed E-state index contributed by atoms with van der Waals surface area (Å²) in [6.45, 7) is 2.08. The predicted octanol–water partition coefficient (Wildman–Crippen LogP) is -1.58. The zero-order valence-corrected chi connectivity index (χ0v) is 11.9. The van der Waals surface area contributed by atoms with E-state index < -0.39 is 16.0 Å². The Morgan fingerprint density at radius 1 is 1.33 bits per heavy atom. The van der Waals surface area contributed by atoms with E-state index in [2.05, 4.69) is 15.0 Å². The molecule has 0 spiro atoms. The summed E-state index contributed by atoms with van der Waals surface area (Å²) in [5.74, 6) is -1.57. The van der Waals surface area contributed by atoms with Crippen LogP contribution in [0.25, 0.3) is 0 Å². The van der Waals surface area contributed by atoms with Crippen molar-refractivity contribution >= 4 is 21.9 Å². The highest BCUT2D eigenvalue weighted by molar-refractivity contribution is 7.89. The zero-order chi connectivity index (χ0) is 15.5. The Bertz CT molecular complexity index is 633. The quantitative estimate of drug-likeness (QED) is 0.518. The molecule has 0 aliphatic carbocycles. The van der Waals surface area contributed by atoms with Crippen molar-refractivity contribution < 1.29 is 23.1 Å². The van der Waals surface area contributed by atoms with Gasteiger partial charge in [0.1, 0.15) is 10.6 Å². The Kier molecular flexibility index (Phi) is 4.60. The molecule has 1 amide bonds. The Labute approximate surface area is 121 Å². The number of carboxylic acid groups (broad SMARTS) is 1. The number of carboxylic acids is 1. The molecule has 21 heavy (non-hydrogen) atoms. The van der Waals surface area contributed by atoms with Gasteiger partial charge >= 0.3 is 5.97 Å². The summed E-state index contributed by atoms with van der Waals surface area (Å²) in [4.78, 5) is 26.3. The van der Waals surface area contributed by atoms with Crippen LogP contribution >= 0.6 is 0 Å². The lowest BCUT2D eigenvalue weighted by molar-refractivity contribution is -0.130. The van der Waals surface area contributed by atoms with E-state index >= 15 is 0 Å². The molecule has 1 aromatic rings. The lowest BCUT2D eigenvalue weighted by atomic mass is 10.3. The fourth-order valence-electron chi connectivity index (χ4n) is 1.92. The van der Waals surface area contributed by atoms with Crippen LogP contribution in [-0.4, -0.2) is 68.0 Å². The van der Waals surface area contributed by atoms with Crippen molar-refractivity contribution in [1.29, 1.82) is 0 Å². The van der Waals surface area contributed by atoms with Gasteiger partial charge in [-0.25, -0.2) is 17.9 Å². The zero-order valence-electron chi connectivity index (χ0n) is 11.1. The molecule has 116 valence electrons. The fraction of sp³-hybridized carbons (Fsp3) is 0.455. The lowest BCUT2D eigenvalue weighted by Gasteiger charge is -2.27. The second kappa shape index (κ2) is 6.24. The van der Waals surface area contributed by atoms with Crippen molar-refractivity contribution in [3.63, 3.8) is 0 Å². The number of rotatable bonds is 5. The monoisotopic (exact) mass is 316 g/mol. The molecular formula is C11H16N4O5S. The number of aromatic amines is 1. The number of hydrogen-bond donors (Lipinski definition) is 4. The van der Waals surface area contributed by atoms with E-state index in [-0.39, 0.29) is 23.0 Å². The van der Waals surface area contributed by atoms with Gasteiger partial charge in [-0.3, -0.25) is 4.79 Å². The molecule has 1 saturated heterocycles. The van der Waals surface area contributed by atoms with Crippen LogP contribution in [0.15, 0.2) is 17.2 Å². The molecule has 1 fully saturated rings. The van der Waals surface area contributed by atoms with E-state index in [0.29, 0.717) is 26.2 Å². The molecule has 4 N–H and O–H groups in total. The number of aromatic carboxylic acids is 1. The largest absolute Gasteiger partial charge is 0.477 e. The maximum Gasteiger partial charge on any atom is 0.352 e. The van der Waals surface area contributed by atoms with E-state index in [1.807, 2.05) is 0 Å². The van der Waals surface area contributed by atoms with Gasteiger partial charge in [0.15, 0.2) is 0 Å². The van der Waals surface area contributed by atoms with Gasteiger partial charge in [0.25, 0.3) is 0 Å². The molecule has 0 atom stereocenters. The van der Waals surface area contributed by atoms with Crippen LogP contribution in [0.3, 0.4) is 0 Å². The molecule has 1 aliphatic rings. The number of sulfonamides is 1. The van der Waals surface area contributed by atoms with Crippen LogP contribution in [-0.2, 0) is 14.8 Å². The van der Waals surface area contributed by atoms with Gasteiger partial charge < -0.3 is 20.3 Å². The number of piperazine rings is 1. The minimum absolute atomic E-state index is 0.215. The predicted molar refractivity (Wildman–Crippen MR) is 72.4 cm³/mol. The molecule has 1 aliphatic heterocycles. The maximum atomic E-state index is 11.9. The number of aromatic nitrogens is 1. The molecule has 0 saturated carbocycles. The average Bonchev–Trinajstić information content (AvgIpc) is 2.97. The van der Waals surface area contributed by atoms with Gasteiger partial charge in [0, 0.05) is 32.4 Å².